The van der Waals surface area contributed by atoms with Crippen LogP contribution in [0.3, 0.4) is 0 Å². The van der Waals surface area contributed by atoms with Gasteiger partial charge in [0, 0.05) is 43.7 Å². The van der Waals surface area contributed by atoms with Crippen molar-refractivity contribution in [3.63, 3.8) is 0 Å². The van der Waals surface area contributed by atoms with Gasteiger partial charge in [0.05, 0.1) is 19.8 Å². The van der Waals surface area contributed by atoms with Gasteiger partial charge in [-0.2, -0.15) is 0 Å². The van der Waals surface area contributed by atoms with E-state index in [-0.39, 0.29) is 29.8 Å². The molecule has 2 N–H and O–H groups in total. The van der Waals surface area contributed by atoms with E-state index in [1.54, 1.807) is 13.1 Å². The first-order chi connectivity index (χ1) is 13.2. The van der Waals surface area contributed by atoms with Crippen molar-refractivity contribution in [3.8, 4) is 0 Å². The topological polar surface area (TPSA) is 68.0 Å². The van der Waals surface area contributed by atoms with E-state index in [4.69, 9.17) is 13.9 Å². The van der Waals surface area contributed by atoms with Crippen LogP contribution in [0.1, 0.15) is 24.2 Å². The number of hydrogen-bond donors (Lipinski definition) is 2. The summed E-state index contributed by atoms with van der Waals surface area (Å²) in [6, 6.07) is 4.57. The second-order valence-corrected chi connectivity index (χ2v) is 6.80. The molecule has 1 aliphatic heterocycles. The zero-order valence-corrected chi connectivity index (χ0v) is 18.8. The lowest BCUT2D eigenvalue weighted by atomic mass is 10.1. The lowest BCUT2D eigenvalue weighted by molar-refractivity contribution is 0.0888. The molecule has 0 spiro atoms. The van der Waals surface area contributed by atoms with Crippen LogP contribution in [0.15, 0.2) is 27.6 Å². The molecule has 1 aromatic carbocycles. The molecule has 28 heavy (non-hydrogen) atoms. The van der Waals surface area contributed by atoms with Gasteiger partial charge < -0.3 is 24.5 Å². The molecule has 0 radical (unpaired) electrons. The molecule has 1 fully saturated rings. The summed E-state index contributed by atoms with van der Waals surface area (Å²) in [6.07, 6.45) is 2.00. The molecule has 2 aromatic rings. The molecule has 1 atom stereocenters. The number of aliphatic imine (C=N–C) groups is 1. The fourth-order valence-electron chi connectivity index (χ4n) is 3.14. The third-order valence-electron chi connectivity index (χ3n) is 4.77. The molecule has 8 heteroatoms. The Bertz CT molecular complexity index is 775. The number of hydrogen-bond acceptors (Lipinski definition) is 4. The minimum Gasteiger partial charge on any atom is -0.459 e. The molecule has 1 saturated heterocycles. The van der Waals surface area contributed by atoms with Crippen molar-refractivity contribution in [1.82, 2.24) is 10.6 Å². The summed E-state index contributed by atoms with van der Waals surface area (Å²) in [7, 11) is 1.73. The Morgan fingerprint density at radius 2 is 2.21 bits per heavy atom. The highest BCUT2D eigenvalue weighted by Gasteiger charge is 2.15. The third-order valence-corrected chi connectivity index (χ3v) is 4.77. The molecule has 1 aliphatic rings. The van der Waals surface area contributed by atoms with Crippen LogP contribution in [0.25, 0.3) is 11.0 Å². The normalized spacial score (nSPS) is 17.0. The number of guanidine groups is 1. The van der Waals surface area contributed by atoms with Crippen LogP contribution in [0.2, 0.25) is 0 Å². The molecule has 6 nitrogen and oxygen atoms in total. The molecule has 1 unspecified atom stereocenters. The second kappa shape index (κ2) is 11.6. The minimum absolute atomic E-state index is 0. The van der Waals surface area contributed by atoms with Crippen LogP contribution >= 0.6 is 24.0 Å². The lowest BCUT2D eigenvalue weighted by Gasteiger charge is -2.12. The molecule has 3 rings (SSSR count). The Kier molecular flexibility index (Phi) is 9.46. The zero-order valence-electron chi connectivity index (χ0n) is 16.4. The van der Waals surface area contributed by atoms with E-state index < -0.39 is 0 Å². The molecule has 0 amide bonds. The highest BCUT2D eigenvalue weighted by atomic mass is 127. The number of furan rings is 1. The minimum atomic E-state index is -0.258. The number of nitrogens with zero attached hydrogens (tertiary/aromatic N) is 1. The monoisotopic (exact) mass is 505 g/mol. The fourth-order valence-corrected chi connectivity index (χ4v) is 3.14. The van der Waals surface area contributed by atoms with Gasteiger partial charge in [-0.1, -0.05) is 0 Å². The van der Waals surface area contributed by atoms with Crippen molar-refractivity contribution < 1.29 is 18.3 Å². The smallest absolute Gasteiger partial charge is 0.191 e. The highest BCUT2D eigenvalue weighted by Crippen LogP contribution is 2.25. The summed E-state index contributed by atoms with van der Waals surface area (Å²) in [6.45, 7) is 6.36. The summed E-state index contributed by atoms with van der Waals surface area (Å²) in [5.41, 5.74) is 1.63. The van der Waals surface area contributed by atoms with Crippen LogP contribution in [0.5, 0.6) is 0 Å². The van der Waals surface area contributed by atoms with Crippen molar-refractivity contribution in [2.24, 2.45) is 10.9 Å². The first kappa shape index (κ1) is 22.9. The first-order valence-corrected chi connectivity index (χ1v) is 9.45. The van der Waals surface area contributed by atoms with E-state index in [2.05, 4.69) is 15.6 Å². The summed E-state index contributed by atoms with van der Waals surface area (Å²) >= 11 is 0. The fraction of sp³-hybridized carbons (Fsp3) is 0.550. The van der Waals surface area contributed by atoms with Gasteiger partial charge in [-0.3, -0.25) is 4.99 Å². The molecule has 0 saturated carbocycles. The van der Waals surface area contributed by atoms with Gasteiger partial charge in [0.15, 0.2) is 5.96 Å². The number of fused-ring (bicyclic) bond motifs is 1. The van der Waals surface area contributed by atoms with Gasteiger partial charge in [0.2, 0.25) is 0 Å². The Balaban J connectivity index is 0.00000280. The number of benzene rings is 1. The Hall–Kier alpha value is -1.39. The summed E-state index contributed by atoms with van der Waals surface area (Å²) < 4.78 is 30.3. The van der Waals surface area contributed by atoms with E-state index in [0.717, 1.165) is 62.5 Å². The van der Waals surface area contributed by atoms with Gasteiger partial charge in [0.1, 0.15) is 17.2 Å². The second-order valence-electron chi connectivity index (χ2n) is 6.80. The molecular weight excluding hydrogens is 476 g/mol. The van der Waals surface area contributed by atoms with Gasteiger partial charge in [-0.05, 0) is 38.0 Å². The number of nitrogens with one attached hydrogen (secondary N) is 2. The van der Waals surface area contributed by atoms with Crippen molar-refractivity contribution >= 4 is 40.9 Å². The van der Waals surface area contributed by atoms with E-state index in [0.29, 0.717) is 24.0 Å². The van der Waals surface area contributed by atoms with Crippen LogP contribution < -0.4 is 10.6 Å². The van der Waals surface area contributed by atoms with Gasteiger partial charge in [0.25, 0.3) is 0 Å². The lowest BCUT2D eigenvalue weighted by Crippen LogP contribution is -2.37. The molecular formula is C20H29FIN3O3. The number of rotatable bonds is 8. The molecule has 0 bridgehead atoms. The molecule has 2 heterocycles. The maximum Gasteiger partial charge on any atom is 0.191 e. The quantitative estimate of drug-likeness (QED) is 0.249. The summed E-state index contributed by atoms with van der Waals surface area (Å²) in [5, 5.41) is 7.30. The van der Waals surface area contributed by atoms with Gasteiger partial charge in [-0.25, -0.2) is 4.39 Å². The van der Waals surface area contributed by atoms with Crippen molar-refractivity contribution in [3.05, 3.63) is 35.3 Å². The van der Waals surface area contributed by atoms with E-state index in [1.165, 1.54) is 12.1 Å². The van der Waals surface area contributed by atoms with Crippen LogP contribution in [0.4, 0.5) is 4.39 Å². The maximum atomic E-state index is 13.4. The Morgan fingerprint density at radius 1 is 1.36 bits per heavy atom. The third kappa shape index (κ3) is 6.31. The van der Waals surface area contributed by atoms with Gasteiger partial charge >= 0.3 is 0 Å². The van der Waals surface area contributed by atoms with Gasteiger partial charge in [-0.15, -0.1) is 24.0 Å². The SMILES string of the molecule is CN=C(NCCCOCC1CCOC1)NCc1oc2ccc(F)cc2c1C.I. The van der Waals surface area contributed by atoms with Crippen molar-refractivity contribution in [2.75, 3.05) is 40.0 Å². The van der Waals surface area contributed by atoms with Crippen molar-refractivity contribution in [1.29, 1.82) is 0 Å². The molecule has 0 aliphatic carbocycles. The first-order valence-electron chi connectivity index (χ1n) is 9.45. The Labute approximate surface area is 182 Å². The van der Waals surface area contributed by atoms with E-state index in [9.17, 15) is 4.39 Å². The molecule has 1 aromatic heterocycles. The maximum absolute atomic E-state index is 13.4. The number of halogens is 2. The average Bonchev–Trinajstić information content (AvgIpc) is 3.29. The standard InChI is InChI=1S/C20H28FN3O3.HI/c1-14-17-10-16(21)4-5-18(17)27-19(14)11-24-20(22-2)23-7-3-8-25-12-15-6-9-26-13-15;/h4-5,10,15H,3,6-9,11-13H2,1-2H3,(H2,22,23,24);1H. The predicted octanol–water partition coefficient (Wildman–Crippen LogP) is 3.61. The zero-order chi connectivity index (χ0) is 19.1. The van der Waals surface area contributed by atoms with Crippen LogP contribution in [-0.2, 0) is 16.0 Å². The van der Waals surface area contributed by atoms with Crippen LogP contribution in [-0.4, -0.2) is 46.0 Å². The largest absolute Gasteiger partial charge is 0.459 e. The van der Waals surface area contributed by atoms with E-state index >= 15 is 0 Å². The van der Waals surface area contributed by atoms with Crippen LogP contribution in [0, 0.1) is 18.7 Å². The average molecular weight is 505 g/mol. The Morgan fingerprint density at radius 3 is 2.96 bits per heavy atom. The number of ether oxygens (including phenoxy) is 2. The highest BCUT2D eigenvalue weighted by molar-refractivity contribution is 14.0. The van der Waals surface area contributed by atoms with E-state index in [1.807, 2.05) is 6.92 Å². The molecule has 156 valence electrons. The summed E-state index contributed by atoms with van der Waals surface area (Å²) in [4.78, 5) is 4.22. The van der Waals surface area contributed by atoms with Crippen molar-refractivity contribution in [2.45, 2.75) is 26.3 Å². The number of aryl methyl sites for hydroxylation is 1. The summed E-state index contributed by atoms with van der Waals surface area (Å²) in [5.74, 6) is 1.77. The predicted molar refractivity (Wildman–Crippen MR) is 119 cm³/mol.